The van der Waals surface area contributed by atoms with Crippen molar-refractivity contribution in [3.8, 4) is 5.75 Å². The molecule has 164 valence electrons. The minimum atomic E-state index is -1.04. The van der Waals surface area contributed by atoms with Crippen LogP contribution in [0.2, 0.25) is 0 Å². The van der Waals surface area contributed by atoms with Gasteiger partial charge in [-0.3, -0.25) is 4.79 Å². The fraction of sp³-hybridized carbons (Fsp3) is 0.650. The summed E-state index contributed by atoms with van der Waals surface area (Å²) in [7, 11) is 5.13. The van der Waals surface area contributed by atoms with E-state index in [-0.39, 0.29) is 24.5 Å². The van der Waals surface area contributed by atoms with Crippen molar-refractivity contribution in [2.45, 2.75) is 37.8 Å². The van der Waals surface area contributed by atoms with Crippen LogP contribution < -0.4 is 10.2 Å². The van der Waals surface area contributed by atoms with Crippen molar-refractivity contribution >= 4 is 5.97 Å². The maximum absolute atomic E-state index is 14.4. The van der Waals surface area contributed by atoms with Gasteiger partial charge in [-0.2, -0.15) is 4.39 Å². The summed E-state index contributed by atoms with van der Waals surface area (Å²) in [6, 6.07) is 2.85. The molecule has 1 aromatic rings. The molecule has 0 spiro atoms. The zero-order chi connectivity index (χ0) is 21.4. The lowest BCUT2D eigenvalue weighted by molar-refractivity contribution is -0.152. The van der Waals surface area contributed by atoms with E-state index in [1.165, 1.54) is 17.1 Å². The van der Waals surface area contributed by atoms with Crippen LogP contribution in [0.25, 0.3) is 0 Å². The van der Waals surface area contributed by atoms with Crippen LogP contribution >= 0.6 is 0 Å². The molecule has 2 N–H and O–H groups in total. The third kappa shape index (κ3) is 5.85. The molecule has 1 fully saturated rings. The molecule has 0 aromatic heterocycles. The first-order valence-electron chi connectivity index (χ1n) is 9.79. The molecule has 1 saturated carbocycles. The van der Waals surface area contributed by atoms with Gasteiger partial charge in [0.1, 0.15) is 12.1 Å². The van der Waals surface area contributed by atoms with E-state index >= 15 is 0 Å². The molecule has 0 saturated heterocycles. The van der Waals surface area contributed by atoms with Crippen molar-refractivity contribution in [1.29, 1.82) is 0 Å². The quantitative estimate of drug-likeness (QED) is 0.507. The third-order valence-corrected chi connectivity index (χ3v) is 5.51. The Labute approximate surface area is 170 Å². The summed E-state index contributed by atoms with van der Waals surface area (Å²) < 4.78 is 39.1. The average molecular weight is 415 g/mol. The molecule has 29 heavy (non-hydrogen) atoms. The Morgan fingerprint density at radius 1 is 1.17 bits per heavy atom. The lowest BCUT2D eigenvalue weighted by Crippen LogP contribution is -2.56. The molecule has 0 amide bonds. The van der Waals surface area contributed by atoms with E-state index in [1.807, 2.05) is 11.9 Å². The van der Waals surface area contributed by atoms with E-state index in [9.17, 15) is 18.7 Å². The number of ether oxygens (including phenoxy) is 2. The number of carboxylic acid groups (broad SMARTS) is 1. The normalized spacial score (nSPS) is 16.0. The molecule has 0 radical (unpaired) electrons. The van der Waals surface area contributed by atoms with E-state index in [2.05, 4.69) is 5.43 Å². The molecule has 1 aliphatic carbocycles. The number of methoxy groups -OCH3 is 1. The first-order valence-corrected chi connectivity index (χ1v) is 9.79. The first-order chi connectivity index (χ1) is 13.8. The number of hydrazine groups is 1. The zero-order valence-electron chi connectivity index (χ0n) is 17.3. The van der Waals surface area contributed by atoms with Crippen LogP contribution in [0.5, 0.6) is 5.75 Å². The summed E-state index contributed by atoms with van der Waals surface area (Å²) in [6.07, 6.45) is 2.70. The van der Waals surface area contributed by atoms with E-state index in [0.29, 0.717) is 32.5 Å². The average Bonchev–Trinajstić information content (AvgIpc) is 3.20. The largest absolute Gasteiger partial charge is 0.489 e. The number of nitrogens with zero attached hydrogens (tertiary/aromatic N) is 2. The second-order valence-electron chi connectivity index (χ2n) is 7.43. The number of rotatable bonds is 12. The van der Waals surface area contributed by atoms with Gasteiger partial charge in [-0.05, 0) is 26.0 Å². The third-order valence-electron chi connectivity index (χ3n) is 5.51. The Morgan fingerprint density at radius 3 is 2.45 bits per heavy atom. The lowest BCUT2D eigenvalue weighted by Gasteiger charge is -2.35. The highest BCUT2D eigenvalue weighted by molar-refractivity contribution is 5.79. The van der Waals surface area contributed by atoms with E-state index in [4.69, 9.17) is 9.47 Å². The van der Waals surface area contributed by atoms with Crippen LogP contribution in [0.3, 0.4) is 0 Å². The Hall–Kier alpha value is -1.81. The van der Waals surface area contributed by atoms with E-state index < -0.39 is 23.1 Å². The molecular weight excluding hydrogens is 384 g/mol. The van der Waals surface area contributed by atoms with Gasteiger partial charge >= 0.3 is 5.97 Å². The standard InChI is InChI=1S/C20H31F2N3O4/c1-24(10-12-28-3)11-13-29-16-7-6-15(17(21)18(16)22)14-23-25(2)20(19(26)27)8-4-5-9-20/h6-7,23H,4-5,8-14H2,1-3H3,(H,26,27). The van der Waals surface area contributed by atoms with Gasteiger partial charge in [0.15, 0.2) is 11.6 Å². The van der Waals surface area contributed by atoms with Crippen LogP contribution in [-0.2, 0) is 16.1 Å². The molecule has 2 rings (SSSR count). The molecule has 9 heteroatoms. The Balaban J connectivity index is 1.92. The van der Waals surface area contributed by atoms with Crippen LogP contribution in [0.15, 0.2) is 12.1 Å². The van der Waals surface area contributed by atoms with Gasteiger partial charge in [0.2, 0.25) is 5.82 Å². The van der Waals surface area contributed by atoms with Gasteiger partial charge in [0.25, 0.3) is 0 Å². The van der Waals surface area contributed by atoms with Crippen LogP contribution in [-0.4, -0.2) is 74.0 Å². The summed E-state index contributed by atoms with van der Waals surface area (Å²) in [6.45, 7) is 2.05. The van der Waals surface area contributed by atoms with Crippen molar-refractivity contribution < 1.29 is 28.2 Å². The van der Waals surface area contributed by atoms with Crippen LogP contribution in [0.4, 0.5) is 8.78 Å². The fourth-order valence-corrected chi connectivity index (χ4v) is 3.50. The van der Waals surface area contributed by atoms with Crippen molar-refractivity contribution in [3.05, 3.63) is 29.3 Å². The summed E-state index contributed by atoms with van der Waals surface area (Å²) in [4.78, 5) is 13.7. The SMILES string of the molecule is COCCN(C)CCOc1ccc(CNN(C)C2(C(=O)O)CCCC2)c(F)c1F. The monoisotopic (exact) mass is 415 g/mol. The second kappa shape index (κ2) is 10.8. The Kier molecular flexibility index (Phi) is 8.76. The van der Waals surface area contributed by atoms with E-state index in [1.54, 1.807) is 14.2 Å². The first kappa shape index (κ1) is 23.5. The van der Waals surface area contributed by atoms with Gasteiger partial charge in [0, 0.05) is 39.4 Å². The molecule has 0 atom stereocenters. The lowest BCUT2D eigenvalue weighted by atomic mass is 9.97. The number of halogens is 2. The number of likely N-dealkylation sites (N-methyl/N-ethyl adjacent to an activating group) is 2. The summed E-state index contributed by atoms with van der Waals surface area (Å²) in [5.74, 6) is -3.08. The maximum atomic E-state index is 14.4. The molecular formula is C20H31F2N3O4. The van der Waals surface area contributed by atoms with Crippen molar-refractivity contribution in [3.63, 3.8) is 0 Å². The fourth-order valence-electron chi connectivity index (χ4n) is 3.50. The molecule has 0 bridgehead atoms. The van der Waals surface area contributed by atoms with Gasteiger partial charge in [0.05, 0.1) is 6.61 Å². The molecule has 0 heterocycles. The number of benzene rings is 1. The topological polar surface area (TPSA) is 74.3 Å². The number of hydrogen-bond acceptors (Lipinski definition) is 6. The predicted molar refractivity (Wildman–Crippen MR) is 105 cm³/mol. The number of nitrogens with one attached hydrogen (secondary N) is 1. The minimum absolute atomic E-state index is 0.0195. The van der Waals surface area contributed by atoms with Crippen LogP contribution in [0.1, 0.15) is 31.2 Å². The van der Waals surface area contributed by atoms with Gasteiger partial charge in [-0.15, -0.1) is 0 Å². The highest BCUT2D eigenvalue weighted by atomic mass is 19.2. The highest BCUT2D eigenvalue weighted by Gasteiger charge is 2.45. The molecule has 0 aliphatic heterocycles. The maximum Gasteiger partial charge on any atom is 0.325 e. The minimum Gasteiger partial charge on any atom is -0.489 e. The number of carbonyl (C=O) groups is 1. The Bertz CT molecular complexity index is 684. The summed E-state index contributed by atoms with van der Waals surface area (Å²) in [5.41, 5.74) is 2.02. The van der Waals surface area contributed by atoms with Gasteiger partial charge in [-0.1, -0.05) is 18.9 Å². The van der Waals surface area contributed by atoms with Gasteiger partial charge in [-0.25, -0.2) is 14.8 Å². The molecule has 0 unspecified atom stereocenters. The van der Waals surface area contributed by atoms with E-state index in [0.717, 1.165) is 12.8 Å². The van der Waals surface area contributed by atoms with Crippen LogP contribution in [0, 0.1) is 11.6 Å². The van der Waals surface area contributed by atoms with Gasteiger partial charge < -0.3 is 19.5 Å². The Morgan fingerprint density at radius 2 is 1.83 bits per heavy atom. The van der Waals surface area contributed by atoms with Crippen molar-refractivity contribution in [2.75, 3.05) is 47.5 Å². The number of carboxylic acids is 1. The summed E-state index contributed by atoms with van der Waals surface area (Å²) in [5, 5.41) is 11.1. The number of hydrogen-bond donors (Lipinski definition) is 2. The molecule has 1 aromatic carbocycles. The summed E-state index contributed by atoms with van der Waals surface area (Å²) >= 11 is 0. The van der Waals surface area contributed by atoms with Crippen molar-refractivity contribution in [1.82, 2.24) is 15.3 Å². The zero-order valence-corrected chi connectivity index (χ0v) is 17.3. The number of aliphatic carboxylic acids is 1. The smallest absolute Gasteiger partial charge is 0.325 e. The predicted octanol–water partition coefficient (Wildman–Crippen LogP) is 2.26. The van der Waals surface area contributed by atoms with Crippen molar-refractivity contribution in [2.24, 2.45) is 0 Å². The molecule has 7 nitrogen and oxygen atoms in total. The molecule has 1 aliphatic rings. The highest BCUT2D eigenvalue weighted by Crippen LogP contribution is 2.34. The second-order valence-corrected chi connectivity index (χ2v) is 7.43.